The highest BCUT2D eigenvalue weighted by molar-refractivity contribution is 7.90. The molecule has 4 rings (SSSR count). The molecule has 0 saturated carbocycles. The van der Waals surface area contributed by atoms with Crippen molar-refractivity contribution in [1.82, 2.24) is 20.3 Å². The van der Waals surface area contributed by atoms with Crippen LogP contribution in [-0.2, 0) is 21.2 Å². The van der Waals surface area contributed by atoms with E-state index >= 15 is 4.39 Å². The van der Waals surface area contributed by atoms with Crippen molar-refractivity contribution < 1.29 is 30.8 Å². The zero-order chi connectivity index (χ0) is 30.5. The Bertz CT molecular complexity index is 1490. The van der Waals surface area contributed by atoms with E-state index in [0.717, 1.165) is 18.3 Å². The summed E-state index contributed by atoms with van der Waals surface area (Å²) >= 11 is 0. The van der Waals surface area contributed by atoms with Crippen LogP contribution in [0.1, 0.15) is 49.3 Å². The van der Waals surface area contributed by atoms with E-state index in [1.807, 2.05) is 0 Å². The topological polar surface area (TPSA) is 112 Å². The zero-order valence-corrected chi connectivity index (χ0v) is 24.0. The van der Waals surface area contributed by atoms with Crippen LogP contribution in [0.25, 0.3) is 0 Å². The molecule has 2 aromatic carbocycles. The highest BCUT2D eigenvalue weighted by Gasteiger charge is 2.44. The SMILES string of the molecule is CC(C)NS(=O)(=O)[C@@]1(CCc2c(F)cncc2NC(=O)C[C@@H](c2ccc(F)cc2)c2cc(F)cc(F)c2)CNCCN1. The number of hydrogen-bond donors (Lipinski definition) is 4. The van der Waals surface area contributed by atoms with Gasteiger partial charge in [-0.2, -0.15) is 0 Å². The molecule has 1 saturated heterocycles. The maximum Gasteiger partial charge on any atom is 0.232 e. The van der Waals surface area contributed by atoms with Gasteiger partial charge in [-0.05, 0) is 62.1 Å². The number of benzene rings is 2. The quantitative estimate of drug-likeness (QED) is 0.246. The summed E-state index contributed by atoms with van der Waals surface area (Å²) in [6, 6.07) is 7.72. The average molecular weight is 608 g/mol. The number of piperazine rings is 1. The number of anilines is 1. The van der Waals surface area contributed by atoms with Crippen molar-refractivity contribution in [1.29, 1.82) is 0 Å². The summed E-state index contributed by atoms with van der Waals surface area (Å²) < 4.78 is 86.0. The summed E-state index contributed by atoms with van der Waals surface area (Å²) in [4.78, 5) is 15.7. The molecule has 13 heteroatoms. The molecular weight excluding hydrogens is 574 g/mol. The van der Waals surface area contributed by atoms with Crippen LogP contribution in [0.2, 0.25) is 0 Å². The summed E-state index contributed by atoms with van der Waals surface area (Å²) in [6.45, 7) is 4.44. The smallest absolute Gasteiger partial charge is 0.232 e. The molecule has 0 radical (unpaired) electrons. The molecule has 226 valence electrons. The maximum absolute atomic E-state index is 15.1. The van der Waals surface area contributed by atoms with Crippen molar-refractivity contribution in [3.8, 4) is 0 Å². The van der Waals surface area contributed by atoms with E-state index < -0.39 is 50.0 Å². The van der Waals surface area contributed by atoms with Crippen LogP contribution >= 0.6 is 0 Å². The summed E-state index contributed by atoms with van der Waals surface area (Å²) in [6.07, 6.45) is 1.83. The molecule has 2 heterocycles. The second kappa shape index (κ2) is 13.3. The fourth-order valence-corrected chi connectivity index (χ4v) is 6.89. The van der Waals surface area contributed by atoms with E-state index in [4.69, 9.17) is 0 Å². The molecule has 0 bridgehead atoms. The fourth-order valence-electron chi connectivity index (χ4n) is 5.09. The number of pyridine rings is 1. The van der Waals surface area contributed by atoms with Gasteiger partial charge in [0, 0.05) is 49.6 Å². The predicted molar refractivity (Wildman–Crippen MR) is 151 cm³/mol. The first kappa shape index (κ1) is 31.5. The van der Waals surface area contributed by atoms with Crippen molar-refractivity contribution >= 4 is 21.6 Å². The lowest BCUT2D eigenvalue weighted by Gasteiger charge is -2.38. The highest BCUT2D eigenvalue weighted by atomic mass is 32.2. The standard InChI is InChI=1S/C29H33F4N5O3S/c1-18(2)38-42(40,41)29(17-34-9-10-36-29)8-7-24-26(33)15-35-16-27(24)37-28(39)14-25(19-3-5-21(30)6-4-19)20-11-22(31)13-23(32)12-20/h3-6,11-13,15-16,18,25,34,36,38H,7-10,14,17H2,1-2H3,(H,37,39)/t25-,29-/m0/s1. The Balaban J connectivity index is 1.59. The second-order valence-corrected chi connectivity index (χ2v) is 12.6. The van der Waals surface area contributed by atoms with Crippen LogP contribution in [0, 0.1) is 23.3 Å². The number of carbonyl (C=O) groups is 1. The number of nitrogens with one attached hydrogen (secondary N) is 4. The zero-order valence-electron chi connectivity index (χ0n) is 23.2. The van der Waals surface area contributed by atoms with Gasteiger partial charge < -0.3 is 10.6 Å². The monoisotopic (exact) mass is 607 g/mol. The summed E-state index contributed by atoms with van der Waals surface area (Å²) in [5.41, 5.74) is 0.693. The van der Waals surface area contributed by atoms with E-state index in [1.54, 1.807) is 13.8 Å². The number of hydrogen-bond acceptors (Lipinski definition) is 6. The molecule has 0 unspecified atom stereocenters. The Morgan fingerprint density at radius 1 is 0.976 bits per heavy atom. The van der Waals surface area contributed by atoms with Gasteiger partial charge in [-0.3, -0.25) is 15.1 Å². The van der Waals surface area contributed by atoms with Crippen LogP contribution in [-0.4, -0.2) is 49.9 Å². The fraction of sp³-hybridized carbons (Fsp3) is 0.379. The third kappa shape index (κ3) is 7.51. The molecule has 0 spiro atoms. The van der Waals surface area contributed by atoms with E-state index in [0.29, 0.717) is 24.7 Å². The number of nitrogens with zero attached hydrogens (tertiary/aromatic N) is 1. The Morgan fingerprint density at radius 3 is 2.29 bits per heavy atom. The number of rotatable bonds is 11. The lowest BCUT2D eigenvalue weighted by atomic mass is 9.88. The van der Waals surface area contributed by atoms with E-state index in [9.17, 15) is 26.4 Å². The lowest BCUT2D eigenvalue weighted by molar-refractivity contribution is -0.116. The molecule has 8 nitrogen and oxygen atoms in total. The van der Waals surface area contributed by atoms with E-state index in [2.05, 4.69) is 25.7 Å². The predicted octanol–water partition coefficient (Wildman–Crippen LogP) is 3.95. The number of halogens is 4. The third-order valence-corrected chi connectivity index (χ3v) is 9.38. The molecule has 0 aliphatic carbocycles. The average Bonchev–Trinajstić information content (AvgIpc) is 2.91. The molecular formula is C29H33F4N5O3S. The first-order valence-electron chi connectivity index (χ1n) is 13.5. The number of sulfonamides is 1. The van der Waals surface area contributed by atoms with Crippen LogP contribution < -0.4 is 20.7 Å². The van der Waals surface area contributed by atoms with Gasteiger partial charge in [-0.15, -0.1) is 0 Å². The van der Waals surface area contributed by atoms with Crippen LogP contribution in [0.5, 0.6) is 0 Å². The van der Waals surface area contributed by atoms with Gasteiger partial charge in [-0.1, -0.05) is 12.1 Å². The van der Waals surface area contributed by atoms with Crippen molar-refractivity contribution in [3.63, 3.8) is 0 Å². The van der Waals surface area contributed by atoms with E-state index in [1.165, 1.54) is 30.5 Å². The Morgan fingerprint density at radius 2 is 1.67 bits per heavy atom. The van der Waals surface area contributed by atoms with Gasteiger partial charge >= 0.3 is 0 Å². The van der Waals surface area contributed by atoms with Crippen molar-refractivity contribution in [2.24, 2.45) is 0 Å². The Hall–Kier alpha value is -3.39. The van der Waals surface area contributed by atoms with Crippen molar-refractivity contribution in [2.75, 3.05) is 25.0 Å². The van der Waals surface area contributed by atoms with Crippen LogP contribution in [0.15, 0.2) is 54.9 Å². The summed E-state index contributed by atoms with van der Waals surface area (Å²) in [7, 11) is -3.89. The van der Waals surface area contributed by atoms with Gasteiger partial charge in [0.05, 0.1) is 18.1 Å². The molecule has 4 N–H and O–H groups in total. The lowest BCUT2D eigenvalue weighted by Crippen LogP contribution is -2.66. The molecule has 42 heavy (non-hydrogen) atoms. The van der Waals surface area contributed by atoms with Crippen molar-refractivity contribution in [2.45, 2.75) is 49.9 Å². The molecule has 1 aliphatic heterocycles. The maximum atomic E-state index is 15.1. The van der Waals surface area contributed by atoms with Gasteiger partial charge in [-0.25, -0.2) is 30.7 Å². The first-order chi connectivity index (χ1) is 19.9. The Labute approximate surface area is 242 Å². The van der Waals surface area contributed by atoms with Gasteiger partial charge in [0.2, 0.25) is 15.9 Å². The number of amides is 1. The van der Waals surface area contributed by atoms with Crippen LogP contribution in [0.4, 0.5) is 23.2 Å². The normalized spacial score (nSPS) is 18.2. The molecule has 2 atom stereocenters. The summed E-state index contributed by atoms with van der Waals surface area (Å²) in [5, 5.41) is 8.79. The van der Waals surface area contributed by atoms with Crippen molar-refractivity contribution in [3.05, 3.63) is 94.8 Å². The molecule has 3 aromatic rings. The second-order valence-electron chi connectivity index (χ2n) is 10.6. The first-order valence-corrected chi connectivity index (χ1v) is 15.0. The Kier molecular flexibility index (Phi) is 9.97. The molecule has 1 fully saturated rings. The highest BCUT2D eigenvalue weighted by Crippen LogP contribution is 2.31. The molecule has 1 aliphatic rings. The minimum atomic E-state index is -3.89. The minimum absolute atomic E-state index is 0.0212. The number of aromatic nitrogens is 1. The minimum Gasteiger partial charge on any atom is -0.324 e. The van der Waals surface area contributed by atoms with E-state index in [-0.39, 0.29) is 48.7 Å². The van der Waals surface area contributed by atoms with Gasteiger partial charge in [0.25, 0.3) is 0 Å². The number of carbonyl (C=O) groups excluding carboxylic acids is 1. The molecule has 1 amide bonds. The summed E-state index contributed by atoms with van der Waals surface area (Å²) in [5.74, 6) is -4.40. The van der Waals surface area contributed by atoms with Gasteiger partial charge in [0.15, 0.2) is 0 Å². The van der Waals surface area contributed by atoms with Gasteiger partial charge in [0.1, 0.15) is 28.1 Å². The largest absolute Gasteiger partial charge is 0.324 e. The molecule has 1 aromatic heterocycles. The third-order valence-electron chi connectivity index (χ3n) is 7.07. The van der Waals surface area contributed by atoms with Crippen LogP contribution in [0.3, 0.4) is 0 Å².